The van der Waals surface area contributed by atoms with E-state index >= 15 is 0 Å². The van der Waals surface area contributed by atoms with Crippen molar-refractivity contribution < 1.29 is 9.53 Å². The minimum Gasteiger partial charge on any atom is -0.368 e. The van der Waals surface area contributed by atoms with E-state index < -0.39 is 6.10 Å². The van der Waals surface area contributed by atoms with Gasteiger partial charge in [0.1, 0.15) is 6.10 Å². The molecule has 0 spiro atoms. The van der Waals surface area contributed by atoms with Gasteiger partial charge in [-0.2, -0.15) is 0 Å². The van der Waals surface area contributed by atoms with Gasteiger partial charge in [0.05, 0.1) is 22.3 Å². The number of halogens is 2. The fourth-order valence-corrected chi connectivity index (χ4v) is 1.51. The Bertz CT molecular complexity index is 452. The van der Waals surface area contributed by atoms with Gasteiger partial charge in [-0.15, -0.1) is 6.58 Å². The van der Waals surface area contributed by atoms with Crippen molar-refractivity contribution in [1.82, 2.24) is 5.43 Å². The highest BCUT2D eigenvalue weighted by atomic mass is 35.5. The molecule has 104 valence electrons. The topological polar surface area (TPSA) is 50.4 Å². The van der Waals surface area contributed by atoms with Gasteiger partial charge >= 0.3 is 0 Å². The van der Waals surface area contributed by atoms with Gasteiger partial charge in [-0.1, -0.05) is 29.3 Å². The number of ether oxygens (including phenoxy) is 1. The molecular formula is C13H16Cl2N2O2. The second-order valence-corrected chi connectivity index (χ2v) is 4.65. The van der Waals surface area contributed by atoms with Gasteiger partial charge in [-0.25, -0.2) is 0 Å². The molecule has 1 unspecified atom stereocenters. The smallest absolute Gasteiger partial charge is 0.267 e. The summed E-state index contributed by atoms with van der Waals surface area (Å²) in [5, 5.41) is 0.871. The van der Waals surface area contributed by atoms with Crippen LogP contribution >= 0.6 is 23.2 Å². The Labute approximate surface area is 122 Å². The normalized spacial score (nSPS) is 11.7. The second-order valence-electron chi connectivity index (χ2n) is 3.83. The van der Waals surface area contributed by atoms with Crippen LogP contribution in [-0.4, -0.2) is 18.6 Å². The molecule has 4 nitrogen and oxygen atoms in total. The fraction of sp³-hybridized carbons (Fsp3) is 0.308. The molecule has 0 radical (unpaired) electrons. The first kappa shape index (κ1) is 15.8. The lowest BCUT2D eigenvalue weighted by Gasteiger charge is -2.14. The molecule has 0 saturated heterocycles. The van der Waals surface area contributed by atoms with Crippen molar-refractivity contribution in [3.8, 4) is 0 Å². The Kier molecular flexibility index (Phi) is 6.70. The van der Waals surface area contributed by atoms with E-state index in [0.29, 0.717) is 28.8 Å². The molecule has 0 saturated carbocycles. The number of hydrazine groups is 1. The lowest BCUT2D eigenvalue weighted by atomic mass is 10.3. The molecule has 0 aliphatic heterocycles. The molecule has 0 bridgehead atoms. The molecule has 0 aliphatic rings. The van der Waals surface area contributed by atoms with E-state index in [2.05, 4.69) is 17.4 Å². The first-order chi connectivity index (χ1) is 9.04. The van der Waals surface area contributed by atoms with Gasteiger partial charge in [0, 0.05) is 0 Å². The summed E-state index contributed by atoms with van der Waals surface area (Å²) in [7, 11) is 0. The highest BCUT2D eigenvalue weighted by Gasteiger charge is 2.12. The Hall–Kier alpha value is -1.23. The number of anilines is 1. The third-order valence-corrected chi connectivity index (χ3v) is 3.05. The van der Waals surface area contributed by atoms with Crippen molar-refractivity contribution in [2.75, 3.05) is 12.0 Å². The van der Waals surface area contributed by atoms with Gasteiger partial charge in [-0.3, -0.25) is 15.6 Å². The van der Waals surface area contributed by atoms with Crippen LogP contribution in [0, 0.1) is 0 Å². The standard InChI is InChI=1S/C13H16Cl2N2O2/c1-3-4-7-19-9(2)13(18)17-16-10-5-6-11(14)12(15)8-10/h3,5-6,8-9,16H,1,4,7H2,2H3,(H,17,18). The average Bonchev–Trinajstić information content (AvgIpc) is 2.40. The van der Waals surface area contributed by atoms with Crippen LogP contribution in [0.15, 0.2) is 30.9 Å². The first-order valence-corrected chi connectivity index (χ1v) is 6.53. The zero-order chi connectivity index (χ0) is 14.3. The van der Waals surface area contributed by atoms with Gasteiger partial charge < -0.3 is 4.74 Å². The summed E-state index contributed by atoms with van der Waals surface area (Å²) in [5.41, 5.74) is 5.91. The predicted octanol–water partition coefficient (Wildman–Crippen LogP) is 3.42. The fourth-order valence-electron chi connectivity index (χ4n) is 1.21. The molecule has 2 N–H and O–H groups in total. The maximum atomic E-state index is 11.7. The summed E-state index contributed by atoms with van der Waals surface area (Å²) in [4.78, 5) is 11.7. The lowest BCUT2D eigenvalue weighted by Crippen LogP contribution is -2.38. The highest BCUT2D eigenvalue weighted by molar-refractivity contribution is 6.42. The van der Waals surface area contributed by atoms with E-state index in [1.54, 1.807) is 31.2 Å². The Balaban J connectivity index is 2.40. The van der Waals surface area contributed by atoms with Crippen LogP contribution in [0.25, 0.3) is 0 Å². The van der Waals surface area contributed by atoms with E-state index in [1.807, 2.05) is 0 Å². The first-order valence-electron chi connectivity index (χ1n) is 5.78. The Morgan fingerprint density at radius 3 is 2.84 bits per heavy atom. The Morgan fingerprint density at radius 1 is 1.47 bits per heavy atom. The third-order valence-electron chi connectivity index (χ3n) is 2.31. The van der Waals surface area contributed by atoms with E-state index in [0.717, 1.165) is 0 Å². The highest BCUT2D eigenvalue weighted by Crippen LogP contribution is 2.24. The number of nitrogens with one attached hydrogen (secondary N) is 2. The summed E-state index contributed by atoms with van der Waals surface area (Å²) < 4.78 is 5.30. The summed E-state index contributed by atoms with van der Waals surface area (Å²) >= 11 is 11.6. The lowest BCUT2D eigenvalue weighted by molar-refractivity contribution is -0.131. The summed E-state index contributed by atoms with van der Waals surface area (Å²) in [6, 6.07) is 4.97. The number of carbonyl (C=O) groups is 1. The minimum absolute atomic E-state index is 0.268. The SMILES string of the molecule is C=CCCOC(C)C(=O)NNc1ccc(Cl)c(Cl)c1. The van der Waals surface area contributed by atoms with Crippen LogP contribution in [0.3, 0.4) is 0 Å². The number of amides is 1. The average molecular weight is 303 g/mol. The predicted molar refractivity (Wildman–Crippen MR) is 78.5 cm³/mol. The monoisotopic (exact) mass is 302 g/mol. The van der Waals surface area contributed by atoms with Crippen molar-refractivity contribution in [3.05, 3.63) is 40.9 Å². The van der Waals surface area contributed by atoms with E-state index in [9.17, 15) is 4.79 Å². The van der Waals surface area contributed by atoms with Crippen molar-refractivity contribution in [3.63, 3.8) is 0 Å². The molecule has 0 aromatic heterocycles. The zero-order valence-electron chi connectivity index (χ0n) is 10.6. The molecule has 0 fully saturated rings. The summed E-state index contributed by atoms with van der Waals surface area (Å²) in [6.45, 7) is 5.72. The van der Waals surface area contributed by atoms with E-state index in [4.69, 9.17) is 27.9 Å². The van der Waals surface area contributed by atoms with Gasteiger partial charge in [0.25, 0.3) is 5.91 Å². The second kappa shape index (κ2) is 8.04. The van der Waals surface area contributed by atoms with Crippen molar-refractivity contribution in [2.24, 2.45) is 0 Å². The van der Waals surface area contributed by atoms with Crippen LogP contribution in [0.2, 0.25) is 10.0 Å². The molecule has 1 atom stereocenters. The molecule has 0 aliphatic carbocycles. The molecule has 1 aromatic carbocycles. The van der Waals surface area contributed by atoms with Crippen molar-refractivity contribution in [1.29, 1.82) is 0 Å². The van der Waals surface area contributed by atoms with E-state index in [-0.39, 0.29) is 5.91 Å². The maximum absolute atomic E-state index is 11.7. The van der Waals surface area contributed by atoms with Crippen LogP contribution < -0.4 is 10.9 Å². The van der Waals surface area contributed by atoms with Gasteiger partial charge in [-0.05, 0) is 31.5 Å². The molecular weight excluding hydrogens is 287 g/mol. The van der Waals surface area contributed by atoms with Crippen LogP contribution in [0.4, 0.5) is 5.69 Å². The number of benzene rings is 1. The summed E-state index contributed by atoms with van der Waals surface area (Å²) in [5.74, 6) is -0.268. The largest absolute Gasteiger partial charge is 0.368 e. The van der Waals surface area contributed by atoms with E-state index in [1.165, 1.54) is 0 Å². The number of hydrogen-bond acceptors (Lipinski definition) is 3. The zero-order valence-corrected chi connectivity index (χ0v) is 12.1. The number of rotatable bonds is 7. The van der Waals surface area contributed by atoms with Crippen LogP contribution in [0.1, 0.15) is 13.3 Å². The number of hydrogen-bond donors (Lipinski definition) is 2. The maximum Gasteiger partial charge on any atom is 0.267 e. The molecule has 1 rings (SSSR count). The van der Waals surface area contributed by atoms with Gasteiger partial charge in [0.2, 0.25) is 0 Å². The minimum atomic E-state index is -0.546. The quantitative estimate of drug-likeness (QED) is 0.461. The molecule has 1 aromatic rings. The van der Waals surface area contributed by atoms with Crippen LogP contribution in [0.5, 0.6) is 0 Å². The summed E-state index contributed by atoms with van der Waals surface area (Å²) in [6.07, 6.45) is 1.89. The van der Waals surface area contributed by atoms with Crippen molar-refractivity contribution >= 4 is 34.8 Å². The third kappa shape index (κ3) is 5.51. The van der Waals surface area contributed by atoms with Gasteiger partial charge in [0.15, 0.2) is 0 Å². The number of carbonyl (C=O) groups excluding carboxylic acids is 1. The van der Waals surface area contributed by atoms with Crippen LogP contribution in [-0.2, 0) is 9.53 Å². The Morgan fingerprint density at radius 2 is 2.21 bits per heavy atom. The molecule has 19 heavy (non-hydrogen) atoms. The molecule has 6 heteroatoms. The van der Waals surface area contributed by atoms with Crippen molar-refractivity contribution in [2.45, 2.75) is 19.4 Å². The molecule has 1 amide bonds. The molecule has 0 heterocycles.